The Morgan fingerprint density at radius 3 is 2.40 bits per heavy atom. The molecular weight excluding hydrogens is 389 g/mol. The van der Waals surface area contributed by atoms with Gasteiger partial charge in [0, 0.05) is 38.6 Å². The van der Waals surface area contributed by atoms with Crippen LogP contribution in [-0.4, -0.2) is 39.8 Å². The lowest BCUT2D eigenvalue weighted by molar-refractivity contribution is -0.135. The maximum Gasteiger partial charge on any atom is 0.389 e. The molecule has 3 aromatic rings. The number of anilines is 1. The average Bonchev–Trinajstić information content (AvgIpc) is 3.07. The number of aryl methyl sites for hydroxylation is 1. The second-order valence-corrected chi connectivity index (χ2v) is 7.97. The van der Waals surface area contributed by atoms with Crippen LogP contribution in [0, 0.1) is 0 Å². The molecule has 0 bridgehead atoms. The molecule has 0 saturated carbocycles. The maximum absolute atomic E-state index is 12.6. The molecular formula is C23H27F3N4. The minimum absolute atomic E-state index is 0.0497. The van der Waals surface area contributed by atoms with Crippen molar-refractivity contribution in [1.29, 1.82) is 0 Å². The predicted octanol–water partition coefficient (Wildman–Crippen LogP) is 5.46. The van der Waals surface area contributed by atoms with Crippen LogP contribution in [0.1, 0.15) is 31.2 Å². The summed E-state index contributed by atoms with van der Waals surface area (Å²) in [7, 11) is 0. The van der Waals surface area contributed by atoms with E-state index >= 15 is 0 Å². The van der Waals surface area contributed by atoms with Gasteiger partial charge in [-0.25, -0.2) is 4.98 Å². The van der Waals surface area contributed by atoms with Gasteiger partial charge < -0.3 is 9.88 Å². The van der Waals surface area contributed by atoms with Crippen molar-refractivity contribution in [1.82, 2.24) is 14.5 Å². The highest BCUT2D eigenvalue weighted by molar-refractivity contribution is 5.78. The van der Waals surface area contributed by atoms with Gasteiger partial charge in [0.15, 0.2) is 0 Å². The Kier molecular flexibility index (Phi) is 6.27. The molecule has 4 nitrogen and oxygen atoms in total. The number of rotatable bonds is 7. The van der Waals surface area contributed by atoms with Gasteiger partial charge in [0.2, 0.25) is 5.95 Å². The normalized spacial score (nSPS) is 16.2. The summed E-state index contributed by atoms with van der Waals surface area (Å²) in [5, 5.41) is 3.51. The Morgan fingerprint density at radius 2 is 1.67 bits per heavy atom. The van der Waals surface area contributed by atoms with E-state index in [-0.39, 0.29) is 12.5 Å². The third-order valence-electron chi connectivity index (χ3n) is 5.67. The molecule has 0 spiro atoms. The maximum atomic E-state index is 12.6. The Labute approximate surface area is 174 Å². The molecule has 1 saturated heterocycles. The number of halogens is 3. The van der Waals surface area contributed by atoms with Gasteiger partial charge in [-0.15, -0.1) is 0 Å². The van der Waals surface area contributed by atoms with Gasteiger partial charge in [-0.1, -0.05) is 42.5 Å². The number of hydrogen-bond acceptors (Lipinski definition) is 3. The summed E-state index contributed by atoms with van der Waals surface area (Å²) in [5.41, 5.74) is 3.01. The SMILES string of the molecule is FC(F)(F)CCCn1c(NC2CCN(Cc3ccccc3)CC2)nc2ccccc21. The zero-order valence-corrected chi connectivity index (χ0v) is 16.9. The van der Waals surface area contributed by atoms with Gasteiger partial charge in [-0.2, -0.15) is 13.2 Å². The summed E-state index contributed by atoms with van der Waals surface area (Å²) in [4.78, 5) is 7.11. The zero-order valence-electron chi connectivity index (χ0n) is 16.9. The highest BCUT2D eigenvalue weighted by atomic mass is 19.4. The number of nitrogens with zero attached hydrogens (tertiary/aromatic N) is 3. The monoisotopic (exact) mass is 416 g/mol. The van der Waals surface area contributed by atoms with Crippen LogP contribution in [0.25, 0.3) is 11.0 Å². The van der Waals surface area contributed by atoms with Crippen molar-refractivity contribution < 1.29 is 13.2 Å². The van der Waals surface area contributed by atoms with E-state index in [0.717, 1.165) is 43.5 Å². The molecule has 0 unspecified atom stereocenters. The van der Waals surface area contributed by atoms with Crippen LogP contribution >= 0.6 is 0 Å². The smallest absolute Gasteiger partial charge is 0.353 e. The second kappa shape index (κ2) is 9.08. The standard InChI is InChI=1S/C23H27F3N4/c24-23(25,26)13-6-14-30-21-10-5-4-9-20(21)28-22(30)27-19-11-15-29(16-12-19)17-18-7-2-1-3-8-18/h1-5,7-10,19H,6,11-17H2,(H,27,28). The molecule has 0 amide bonds. The Morgan fingerprint density at radius 1 is 0.967 bits per heavy atom. The lowest BCUT2D eigenvalue weighted by Crippen LogP contribution is -2.39. The number of fused-ring (bicyclic) bond motifs is 1. The molecule has 4 rings (SSSR count). The number of nitrogens with one attached hydrogen (secondary N) is 1. The number of piperidine rings is 1. The lowest BCUT2D eigenvalue weighted by Gasteiger charge is -2.32. The van der Waals surface area contributed by atoms with Crippen molar-refractivity contribution in [3.05, 3.63) is 60.2 Å². The average molecular weight is 416 g/mol. The minimum atomic E-state index is -4.13. The number of hydrogen-bond donors (Lipinski definition) is 1. The molecule has 2 aromatic carbocycles. The van der Waals surface area contributed by atoms with Crippen molar-refractivity contribution in [2.24, 2.45) is 0 Å². The molecule has 1 aromatic heterocycles. The number of benzene rings is 2. The first-order valence-corrected chi connectivity index (χ1v) is 10.5. The van der Waals surface area contributed by atoms with Crippen molar-refractivity contribution in [3.63, 3.8) is 0 Å². The predicted molar refractivity (Wildman–Crippen MR) is 113 cm³/mol. The Balaban J connectivity index is 1.39. The number of para-hydroxylation sites is 2. The molecule has 7 heteroatoms. The number of imidazole rings is 1. The minimum Gasteiger partial charge on any atom is -0.353 e. The largest absolute Gasteiger partial charge is 0.389 e. The van der Waals surface area contributed by atoms with E-state index in [1.165, 1.54) is 5.56 Å². The van der Waals surface area contributed by atoms with Crippen LogP contribution in [-0.2, 0) is 13.1 Å². The molecule has 1 fully saturated rings. The van der Waals surface area contributed by atoms with Crippen molar-refractivity contribution in [2.75, 3.05) is 18.4 Å². The van der Waals surface area contributed by atoms with Crippen molar-refractivity contribution in [2.45, 2.75) is 51.0 Å². The molecule has 1 N–H and O–H groups in total. The van der Waals surface area contributed by atoms with E-state index in [2.05, 4.69) is 39.5 Å². The fourth-order valence-electron chi connectivity index (χ4n) is 4.11. The fraction of sp³-hybridized carbons (Fsp3) is 0.435. The van der Waals surface area contributed by atoms with Crippen LogP contribution in [0.5, 0.6) is 0 Å². The third-order valence-corrected chi connectivity index (χ3v) is 5.67. The zero-order chi connectivity index (χ0) is 21.0. The van der Waals surface area contributed by atoms with E-state index in [9.17, 15) is 13.2 Å². The number of likely N-dealkylation sites (tertiary alicyclic amines) is 1. The van der Waals surface area contributed by atoms with E-state index in [0.29, 0.717) is 12.5 Å². The molecule has 0 aliphatic carbocycles. The molecule has 30 heavy (non-hydrogen) atoms. The van der Waals surface area contributed by atoms with Crippen LogP contribution in [0.3, 0.4) is 0 Å². The molecule has 160 valence electrons. The number of alkyl halides is 3. The fourth-order valence-corrected chi connectivity index (χ4v) is 4.11. The highest BCUT2D eigenvalue weighted by Crippen LogP contribution is 2.26. The van der Waals surface area contributed by atoms with Gasteiger partial charge in [0.05, 0.1) is 11.0 Å². The van der Waals surface area contributed by atoms with Gasteiger partial charge in [0.1, 0.15) is 0 Å². The first-order chi connectivity index (χ1) is 14.5. The molecule has 2 heterocycles. The summed E-state index contributed by atoms with van der Waals surface area (Å²) in [6.07, 6.45) is -2.89. The van der Waals surface area contributed by atoms with Crippen LogP contribution < -0.4 is 5.32 Å². The van der Waals surface area contributed by atoms with Gasteiger partial charge in [0.25, 0.3) is 0 Å². The van der Waals surface area contributed by atoms with E-state index < -0.39 is 12.6 Å². The topological polar surface area (TPSA) is 33.1 Å². The summed E-state index contributed by atoms with van der Waals surface area (Å²) in [5.74, 6) is 0.680. The lowest BCUT2D eigenvalue weighted by atomic mass is 10.0. The van der Waals surface area contributed by atoms with Crippen molar-refractivity contribution >= 4 is 17.0 Å². The van der Waals surface area contributed by atoms with Crippen LogP contribution in [0.15, 0.2) is 54.6 Å². The summed E-state index contributed by atoms with van der Waals surface area (Å²) in [6.45, 7) is 3.22. The van der Waals surface area contributed by atoms with Crippen LogP contribution in [0.2, 0.25) is 0 Å². The van der Waals surface area contributed by atoms with E-state index in [4.69, 9.17) is 0 Å². The summed E-state index contributed by atoms with van der Waals surface area (Å²) in [6, 6.07) is 18.3. The molecule has 1 aliphatic heterocycles. The Hall–Kier alpha value is -2.54. The van der Waals surface area contributed by atoms with Gasteiger partial charge >= 0.3 is 6.18 Å². The third kappa shape index (κ3) is 5.33. The molecule has 0 atom stereocenters. The molecule has 1 aliphatic rings. The van der Waals surface area contributed by atoms with Gasteiger partial charge in [-0.3, -0.25) is 4.90 Å². The van der Waals surface area contributed by atoms with Crippen LogP contribution in [0.4, 0.5) is 19.1 Å². The van der Waals surface area contributed by atoms with E-state index in [1.54, 1.807) is 0 Å². The highest BCUT2D eigenvalue weighted by Gasteiger charge is 2.27. The second-order valence-electron chi connectivity index (χ2n) is 7.97. The quantitative estimate of drug-likeness (QED) is 0.556. The summed E-state index contributed by atoms with van der Waals surface area (Å²) < 4.78 is 39.8. The number of aromatic nitrogens is 2. The summed E-state index contributed by atoms with van der Waals surface area (Å²) >= 11 is 0. The van der Waals surface area contributed by atoms with Crippen molar-refractivity contribution in [3.8, 4) is 0 Å². The van der Waals surface area contributed by atoms with E-state index in [1.807, 2.05) is 34.9 Å². The van der Waals surface area contributed by atoms with Gasteiger partial charge in [-0.05, 0) is 37.0 Å². The first kappa shape index (κ1) is 20.7. The first-order valence-electron chi connectivity index (χ1n) is 10.5. The Bertz CT molecular complexity index is 944. The molecule has 0 radical (unpaired) electrons.